The number of nitrogens with one attached hydrogen (secondary N) is 1. The third-order valence-electron chi connectivity index (χ3n) is 5.88. The molecule has 0 aliphatic carbocycles. The maximum atomic E-state index is 9.18. The fourth-order valence-corrected chi connectivity index (χ4v) is 3.97. The van der Waals surface area contributed by atoms with Gasteiger partial charge in [-0.15, -0.1) is 0 Å². The van der Waals surface area contributed by atoms with E-state index in [2.05, 4.69) is 28.2 Å². The first-order valence-corrected chi connectivity index (χ1v) is 10.2. The van der Waals surface area contributed by atoms with E-state index in [0.717, 1.165) is 93.7 Å². The van der Waals surface area contributed by atoms with Gasteiger partial charge in [-0.2, -0.15) is 0 Å². The van der Waals surface area contributed by atoms with Crippen molar-refractivity contribution in [3.63, 3.8) is 0 Å². The van der Waals surface area contributed by atoms with E-state index < -0.39 is 0 Å². The first-order valence-electron chi connectivity index (χ1n) is 10.2. The highest BCUT2D eigenvalue weighted by Gasteiger charge is 2.27. The van der Waals surface area contributed by atoms with Crippen molar-refractivity contribution in [1.82, 2.24) is 10.2 Å². The van der Waals surface area contributed by atoms with Crippen LogP contribution in [0.4, 0.5) is 11.4 Å². The lowest BCUT2D eigenvalue weighted by Crippen LogP contribution is -2.58. The van der Waals surface area contributed by atoms with Gasteiger partial charge in [-0.1, -0.05) is 0 Å². The molecule has 0 unspecified atom stereocenters. The number of nitrogens with two attached hydrogens (primary N) is 1. The highest BCUT2D eigenvalue weighted by Crippen LogP contribution is 2.32. The molecule has 4 N–H and O–H groups in total. The molecule has 0 amide bonds. The summed E-state index contributed by atoms with van der Waals surface area (Å²) in [6.45, 7) is 11.6. The molecule has 27 heavy (non-hydrogen) atoms. The van der Waals surface area contributed by atoms with Gasteiger partial charge in [0.1, 0.15) is 18.9 Å². The van der Waals surface area contributed by atoms with Crippen molar-refractivity contribution < 1.29 is 14.3 Å². The van der Waals surface area contributed by atoms with Crippen molar-refractivity contribution in [3.05, 3.63) is 18.2 Å². The Bertz CT molecular complexity index is 590. The molecule has 2 heterocycles. The molecule has 2 aliphatic rings. The minimum atomic E-state index is 0.293. The molecule has 0 radical (unpaired) electrons. The maximum absolute atomic E-state index is 9.18. The predicted molar refractivity (Wildman–Crippen MR) is 110 cm³/mol. The van der Waals surface area contributed by atoms with Crippen LogP contribution in [0.1, 0.15) is 6.42 Å². The van der Waals surface area contributed by atoms with Crippen LogP contribution >= 0.6 is 0 Å². The standard InChI is InChI=1S/C20H36N5O2/c1-25(14-15-26)12-9-23(10-13-25)7-2-5-22-6-8-24-11-16-27-20-17-18(21)3-4-19(20)24/h3-4,17,22,26H,2,5-16,21H2,1H3/q+1. The summed E-state index contributed by atoms with van der Waals surface area (Å²) in [4.78, 5) is 4.93. The number of quaternary nitrogens is 1. The van der Waals surface area contributed by atoms with Gasteiger partial charge in [0, 0.05) is 37.9 Å². The number of aliphatic hydroxyl groups excluding tert-OH is 1. The van der Waals surface area contributed by atoms with E-state index in [1.54, 1.807) is 0 Å². The van der Waals surface area contributed by atoms with E-state index in [1.165, 1.54) is 6.42 Å². The molecule has 7 nitrogen and oxygen atoms in total. The predicted octanol–water partition coefficient (Wildman–Crippen LogP) is 0.202. The Morgan fingerprint density at radius 1 is 1.19 bits per heavy atom. The van der Waals surface area contributed by atoms with Crippen LogP contribution in [0.25, 0.3) is 0 Å². The van der Waals surface area contributed by atoms with E-state index in [4.69, 9.17) is 10.5 Å². The zero-order valence-corrected chi connectivity index (χ0v) is 16.7. The van der Waals surface area contributed by atoms with Gasteiger partial charge in [0.25, 0.3) is 0 Å². The number of rotatable bonds is 9. The van der Waals surface area contributed by atoms with Crippen LogP contribution in [0, 0.1) is 0 Å². The van der Waals surface area contributed by atoms with Crippen LogP contribution in [0.2, 0.25) is 0 Å². The number of anilines is 2. The smallest absolute Gasteiger partial charge is 0.144 e. The lowest BCUT2D eigenvalue weighted by atomic mass is 10.2. The molecule has 0 bridgehead atoms. The van der Waals surface area contributed by atoms with Crippen molar-refractivity contribution in [3.8, 4) is 5.75 Å². The number of nitrogens with zero attached hydrogens (tertiary/aromatic N) is 3. The molecule has 0 aromatic heterocycles. The number of piperazine rings is 1. The van der Waals surface area contributed by atoms with Crippen LogP contribution in [0.3, 0.4) is 0 Å². The fraction of sp³-hybridized carbons (Fsp3) is 0.700. The van der Waals surface area contributed by atoms with Crippen LogP contribution in [-0.4, -0.2) is 100 Å². The SMILES string of the molecule is C[N+]1(CCO)CCN(CCCNCCN2CCOc3cc(N)ccc32)CC1. The molecule has 2 aliphatic heterocycles. The molecule has 0 saturated carbocycles. The van der Waals surface area contributed by atoms with Crippen molar-refractivity contribution in [2.75, 3.05) is 96.3 Å². The summed E-state index contributed by atoms with van der Waals surface area (Å²) < 4.78 is 6.73. The number of ether oxygens (including phenoxy) is 1. The summed E-state index contributed by atoms with van der Waals surface area (Å²) in [5, 5.41) is 12.8. The van der Waals surface area contributed by atoms with Crippen molar-refractivity contribution in [2.24, 2.45) is 0 Å². The van der Waals surface area contributed by atoms with E-state index in [-0.39, 0.29) is 0 Å². The third-order valence-corrected chi connectivity index (χ3v) is 5.88. The number of nitrogen functional groups attached to an aromatic ring is 1. The minimum absolute atomic E-state index is 0.293. The molecule has 1 saturated heterocycles. The van der Waals surface area contributed by atoms with Crippen molar-refractivity contribution in [2.45, 2.75) is 6.42 Å². The molecule has 3 rings (SSSR count). The molecule has 152 valence electrons. The lowest BCUT2D eigenvalue weighted by molar-refractivity contribution is -0.913. The van der Waals surface area contributed by atoms with Gasteiger partial charge in [-0.3, -0.25) is 4.90 Å². The van der Waals surface area contributed by atoms with E-state index in [0.29, 0.717) is 6.61 Å². The maximum Gasteiger partial charge on any atom is 0.144 e. The molecule has 0 spiro atoms. The minimum Gasteiger partial charge on any atom is -0.489 e. The molecule has 1 aromatic carbocycles. The molecular weight excluding hydrogens is 342 g/mol. The summed E-state index contributed by atoms with van der Waals surface area (Å²) >= 11 is 0. The summed E-state index contributed by atoms with van der Waals surface area (Å²) in [5.74, 6) is 0.901. The monoisotopic (exact) mass is 378 g/mol. The molecule has 7 heteroatoms. The van der Waals surface area contributed by atoms with E-state index in [1.807, 2.05) is 12.1 Å². The Morgan fingerprint density at radius 3 is 2.78 bits per heavy atom. The molecule has 0 atom stereocenters. The van der Waals surface area contributed by atoms with Crippen molar-refractivity contribution in [1.29, 1.82) is 0 Å². The first kappa shape index (κ1) is 20.2. The molecule has 1 aromatic rings. The second-order valence-corrected chi connectivity index (χ2v) is 8.02. The topological polar surface area (TPSA) is 74.0 Å². The Labute approximate surface area is 163 Å². The van der Waals surface area contributed by atoms with Gasteiger partial charge in [-0.25, -0.2) is 0 Å². The number of hydrogen-bond donors (Lipinski definition) is 3. The second-order valence-electron chi connectivity index (χ2n) is 8.02. The zero-order valence-electron chi connectivity index (χ0n) is 16.7. The molecular formula is C20H36N5O2+. The largest absolute Gasteiger partial charge is 0.489 e. The Morgan fingerprint density at radius 2 is 2.00 bits per heavy atom. The number of likely N-dealkylation sites (N-methyl/N-ethyl adjacent to an activating group) is 1. The highest BCUT2D eigenvalue weighted by atomic mass is 16.5. The summed E-state index contributed by atoms with van der Waals surface area (Å²) in [6, 6.07) is 5.91. The summed E-state index contributed by atoms with van der Waals surface area (Å²) in [7, 11) is 2.26. The number of aliphatic hydroxyl groups is 1. The zero-order chi connectivity index (χ0) is 19.1. The second kappa shape index (κ2) is 9.59. The van der Waals surface area contributed by atoms with Crippen molar-refractivity contribution >= 4 is 11.4 Å². The van der Waals surface area contributed by atoms with Gasteiger partial charge in [-0.05, 0) is 31.6 Å². The third kappa shape index (κ3) is 5.72. The normalized spacial score (nSPS) is 19.6. The molecule has 1 fully saturated rings. The number of fused-ring (bicyclic) bond motifs is 1. The van der Waals surface area contributed by atoms with Crippen LogP contribution in [0.15, 0.2) is 18.2 Å². The first-order chi connectivity index (χ1) is 13.1. The average molecular weight is 379 g/mol. The number of benzene rings is 1. The summed E-state index contributed by atoms with van der Waals surface area (Å²) in [6.07, 6.45) is 1.18. The van der Waals surface area contributed by atoms with E-state index >= 15 is 0 Å². The van der Waals surface area contributed by atoms with E-state index in [9.17, 15) is 5.11 Å². The van der Waals surface area contributed by atoms with Gasteiger partial charge in [0.05, 0.1) is 39.0 Å². The fourth-order valence-electron chi connectivity index (χ4n) is 3.97. The quantitative estimate of drug-likeness (QED) is 0.324. The van der Waals surface area contributed by atoms with Crippen LogP contribution in [0.5, 0.6) is 5.75 Å². The average Bonchev–Trinajstić information content (AvgIpc) is 2.66. The van der Waals surface area contributed by atoms with Gasteiger partial charge >= 0.3 is 0 Å². The van der Waals surface area contributed by atoms with Gasteiger partial charge in [0.2, 0.25) is 0 Å². The van der Waals surface area contributed by atoms with Gasteiger partial charge in [0.15, 0.2) is 0 Å². The number of hydrogen-bond acceptors (Lipinski definition) is 6. The Hall–Kier alpha value is -1.54. The van der Waals surface area contributed by atoms with Gasteiger partial charge < -0.3 is 30.3 Å². The lowest BCUT2D eigenvalue weighted by Gasteiger charge is -2.41. The van der Waals surface area contributed by atoms with Crippen LogP contribution in [-0.2, 0) is 0 Å². The highest BCUT2D eigenvalue weighted by molar-refractivity contribution is 5.65. The Kier molecular flexibility index (Phi) is 7.18. The van der Waals surface area contributed by atoms with Crippen LogP contribution < -0.4 is 20.7 Å². The summed E-state index contributed by atoms with van der Waals surface area (Å²) in [5.41, 5.74) is 7.75. The Balaban J connectivity index is 1.29.